The second-order valence-corrected chi connectivity index (χ2v) is 3.93. The molecule has 0 fully saturated rings. The molecule has 0 saturated carbocycles. The monoisotopic (exact) mass is 294 g/mol. The number of carboxylic acid groups (broad SMARTS) is 1. The summed E-state index contributed by atoms with van der Waals surface area (Å²) >= 11 is 0. The molecule has 0 bridgehead atoms. The largest absolute Gasteiger partial charge is 0.481 e. The molecule has 20 heavy (non-hydrogen) atoms. The number of aliphatic carboxylic acids is 1. The number of rotatable bonds is 4. The average Bonchev–Trinajstić information content (AvgIpc) is 2.78. The van der Waals surface area contributed by atoms with Crippen LogP contribution in [0.25, 0.3) is 10.9 Å². The van der Waals surface area contributed by atoms with Gasteiger partial charge < -0.3 is 10.1 Å². The Bertz CT molecular complexity index is 600. The molecule has 1 unspecified atom stereocenters. The summed E-state index contributed by atoms with van der Waals surface area (Å²) < 4.78 is 0. The van der Waals surface area contributed by atoms with Crippen LogP contribution in [0.15, 0.2) is 30.5 Å². The summed E-state index contributed by atoms with van der Waals surface area (Å²) in [7, 11) is 0. The van der Waals surface area contributed by atoms with Crippen molar-refractivity contribution in [1.29, 1.82) is 0 Å². The van der Waals surface area contributed by atoms with E-state index in [1.54, 1.807) is 6.20 Å². The minimum Gasteiger partial charge on any atom is -0.481 e. The molecular weight excluding hydrogens is 282 g/mol. The van der Waals surface area contributed by atoms with Gasteiger partial charge in [0.15, 0.2) is 0 Å². The molecular formula is C12H12N2Na2O4. The molecule has 1 aromatic carbocycles. The Morgan fingerprint density at radius 3 is 2.50 bits per heavy atom. The quantitative estimate of drug-likeness (QED) is 0.279. The molecule has 96 valence electrons. The number of hydrogen-bond acceptors (Lipinski definition) is 3. The Balaban J connectivity index is 0.00000180. The molecule has 0 aliphatic heterocycles. The number of carbonyl (C=O) groups excluding carboxylic acids is 1. The van der Waals surface area contributed by atoms with Gasteiger partial charge >= 0.3 is 5.97 Å². The van der Waals surface area contributed by atoms with Crippen molar-refractivity contribution in [2.24, 2.45) is 5.92 Å². The molecule has 2 rings (SSSR count). The minimum absolute atomic E-state index is 0. The van der Waals surface area contributed by atoms with Crippen LogP contribution in [0.1, 0.15) is 5.56 Å². The topological polar surface area (TPSA) is 102 Å². The Labute approximate surface area is 159 Å². The van der Waals surface area contributed by atoms with E-state index in [0.717, 1.165) is 16.5 Å². The van der Waals surface area contributed by atoms with E-state index < -0.39 is 17.8 Å². The first-order chi connectivity index (χ1) is 8.63. The van der Waals surface area contributed by atoms with Gasteiger partial charge in [-0.2, -0.15) is 0 Å². The number of amides is 1. The number of H-pyrrole nitrogens is 1. The fourth-order valence-electron chi connectivity index (χ4n) is 1.89. The SMILES string of the molecule is O=C(O)C(Cc1c[nH]c2ccccc12)C(=O)NO.[Na].[Na]. The third kappa shape index (κ3) is 4.33. The number of para-hydroxylation sites is 1. The number of nitrogens with one attached hydrogen (secondary N) is 2. The summed E-state index contributed by atoms with van der Waals surface area (Å²) in [4.78, 5) is 25.2. The van der Waals surface area contributed by atoms with Crippen molar-refractivity contribution in [1.82, 2.24) is 10.5 Å². The number of hydroxylamine groups is 1. The van der Waals surface area contributed by atoms with E-state index in [1.807, 2.05) is 24.3 Å². The van der Waals surface area contributed by atoms with Crippen LogP contribution in [0.4, 0.5) is 0 Å². The average molecular weight is 294 g/mol. The van der Waals surface area contributed by atoms with E-state index in [2.05, 4.69) is 4.98 Å². The number of carboxylic acids is 1. The van der Waals surface area contributed by atoms with Crippen LogP contribution in [-0.2, 0) is 16.0 Å². The fourth-order valence-corrected chi connectivity index (χ4v) is 1.89. The van der Waals surface area contributed by atoms with E-state index in [4.69, 9.17) is 10.3 Å². The molecule has 8 heteroatoms. The van der Waals surface area contributed by atoms with Crippen molar-refractivity contribution in [3.63, 3.8) is 0 Å². The smallest absolute Gasteiger partial charge is 0.316 e. The van der Waals surface area contributed by atoms with Crippen molar-refractivity contribution >= 4 is 81.9 Å². The van der Waals surface area contributed by atoms with Crippen LogP contribution in [0.3, 0.4) is 0 Å². The molecule has 0 aliphatic carbocycles. The summed E-state index contributed by atoms with van der Waals surface area (Å²) in [5.41, 5.74) is 2.98. The third-order valence-corrected chi connectivity index (χ3v) is 2.82. The number of aromatic nitrogens is 1. The molecule has 1 atom stereocenters. The Hall–Kier alpha value is -0.340. The van der Waals surface area contributed by atoms with Crippen molar-refractivity contribution in [3.05, 3.63) is 36.0 Å². The molecule has 0 saturated heterocycles. The molecule has 0 aliphatic rings. The summed E-state index contributed by atoms with van der Waals surface area (Å²) in [5, 5.41) is 18.4. The zero-order chi connectivity index (χ0) is 13.1. The number of fused-ring (bicyclic) bond motifs is 1. The molecule has 2 aromatic rings. The zero-order valence-electron chi connectivity index (χ0n) is 11.4. The predicted molar refractivity (Wildman–Crippen MR) is 74.6 cm³/mol. The van der Waals surface area contributed by atoms with Gasteiger partial charge in [-0.3, -0.25) is 14.8 Å². The predicted octanol–water partition coefficient (Wildman–Crippen LogP) is 0.155. The van der Waals surface area contributed by atoms with Crippen molar-refractivity contribution in [2.75, 3.05) is 0 Å². The Kier molecular flexibility index (Phi) is 8.69. The van der Waals surface area contributed by atoms with Crippen molar-refractivity contribution in [2.45, 2.75) is 6.42 Å². The molecule has 1 amide bonds. The molecule has 1 heterocycles. The second kappa shape index (κ2) is 8.84. The van der Waals surface area contributed by atoms with Crippen LogP contribution in [-0.4, -0.2) is 86.3 Å². The first-order valence-corrected chi connectivity index (χ1v) is 5.35. The van der Waals surface area contributed by atoms with Crippen LogP contribution in [0.2, 0.25) is 0 Å². The number of carbonyl (C=O) groups is 2. The van der Waals surface area contributed by atoms with Gasteiger partial charge in [0.1, 0.15) is 5.92 Å². The molecule has 1 aromatic heterocycles. The van der Waals surface area contributed by atoms with Crippen molar-refractivity contribution < 1.29 is 19.9 Å². The van der Waals surface area contributed by atoms with Crippen LogP contribution < -0.4 is 5.48 Å². The fraction of sp³-hybridized carbons (Fsp3) is 0.167. The van der Waals surface area contributed by atoms with E-state index in [1.165, 1.54) is 5.48 Å². The number of aromatic amines is 1. The van der Waals surface area contributed by atoms with E-state index in [0.29, 0.717) is 0 Å². The molecule has 0 spiro atoms. The summed E-state index contributed by atoms with van der Waals surface area (Å²) in [6.45, 7) is 0. The van der Waals surface area contributed by atoms with Gasteiger partial charge in [0.25, 0.3) is 5.91 Å². The number of benzene rings is 1. The van der Waals surface area contributed by atoms with Gasteiger partial charge in [-0.25, -0.2) is 5.48 Å². The van der Waals surface area contributed by atoms with E-state index in [9.17, 15) is 9.59 Å². The Morgan fingerprint density at radius 1 is 1.25 bits per heavy atom. The maximum absolute atomic E-state index is 11.3. The van der Waals surface area contributed by atoms with E-state index in [-0.39, 0.29) is 65.5 Å². The van der Waals surface area contributed by atoms with Gasteiger partial charge in [-0.1, -0.05) is 18.2 Å². The van der Waals surface area contributed by atoms with Crippen molar-refractivity contribution in [3.8, 4) is 0 Å². The molecule has 4 N–H and O–H groups in total. The normalized spacial score (nSPS) is 11.1. The molecule has 6 nitrogen and oxygen atoms in total. The summed E-state index contributed by atoms with van der Waals surface area (Å²) in [6, 6.07) is 7.40. The second-order valence-electron chi connectivity index (χ2n) is 3.93. The van der Waals surface area contributed by atoms with Gasteiger partial charge in [0, 0.05) is 76.2 Å². The summed E-state index contributed by atoms with van der Waals surface area (Å²) in [6.07, 6.45) is 1.69. The van der Waals surface area contributed by atoms with Crippen LogP contribution in [0, 0.1) is 5.92 Å². The minimum atomic E-state index is -1.31. The first kappa shape index (κ1) is 19.7. The standard InChI is InChI=1S/C12H12N2O4.2Na/c15-11(14-18)9(12(16)17)5-7-6-13-10-4-2-1-3-8(7)10;;/h1-4,6,9,13,18H,5H2,(H,14,15)(H,16,17);;. The maximum Gasteiger partial charge on any atom is 0.316 e. The van der Waals surface area contributed by atoms with Gasteiger partial charge in [-0.05, 0) is 18.1 Å². The van der Waals surface area contributed by atoms with E-state index >= 15 is 0 Å². The maximum atomic E-state index is 11.3. The van der Waals surface area contributed by atoms with Crippen LogP contribution in [0.5, 0.6) is 0 Å². The Morgan fingerprint density at radius 2 is 1.90 bits per heavy atom. The third-order valence-electron chi connectivity index (χ3n) is 2.82. The first-order valence-electron chi connectivity index (χ1n) is 5.35. The van der Waals surface area contributed by atoms with Gasteiger partial charge in [0.2, 0.25) is 0 Å². The molecule has 2 radical (unpaired) electrons. The van der Waals surface area contributed by atoms with Gasteiger partial charge in [-0.15, -0.1) is 0 Å². The van der Waals surface area contributed by atoms with Gasteiger partial charge in [0.05, 0.1) is 0 Å². The summed E-state index contributed by atoms with van der Waals surface area (Å²) in [5.74, 6) is -3.51. The number of hydrogen-bond donors (Lipinski definition) is 4. The van der Waals surface area contributed by atoms with Crippen LogP contribution >= 0.6 is 0 Å². The zero-order valence-corrected chi connectivity index (χ0v) is 15.4.